The Balaban J connectivity index is 4.94. The Morgan fingerprint density at radius 1 is 1.17 bits per heavy atom. The van der Waals surface area contributed by atoms with Gasteiger partial charge in [-0.05, 0) is 12.3 Å². The second-order valence-electron chi connectivity index (χ2n) is 5.57. The fraction of sp³-hybridized carbons (Fsp3) is 0.714. The Morgan fingerprint density at radius 3 is 2.17 bits per heavy atom. The van der Waals surface area contributed by atoms with Gasteiger partial charge >= 0.3 is 5.97 Å². The van der Waals surface area contributed by atoms with Crippen LogP contribution in [-0.2, 0) is 19.2 Å². The van der Waals surface area contributed by atoms with Crippen molar-refractivity contribution in [1.29, 1.82) is 0 Å². The van der Waals surface area contributed by atoms with Crippen molar-refractivity contribution in [3.8, 4) is 0 Å². The summed E-state index contributed by atoms with van der Waals surface area (Å²) in [7, 11) is 0. The third-order valence-electron chi connectivity index (χ3n) is 3.63. The predicted octanol–water partition coefficient (Wildman–Crippen LogP) is -1.39. The van der Waals surface area contributed by atoms with Crippen LogP contribution in [0.5, 0.6) is 0 Å². The molecule has 0 aromatic heterocycles. The van der Waals surface area contributed by atoms with Gasteiger partial charge in [-0.25, -0.2) is 4.79 Å². The Morgan fingerprint density at radius 2 is 1.75 bits per heavy atom. The summed E-state index contributed by atoms with van der Waals surface area (Å²) in [5, 5.41) is 13.8. The number of hydrogen-bond donors (Lipinski definition) is 6. The first-order valence-electron chi connectivity index (χ1n) is 7.62. The molecule has 7 N–H and O–H groups in total. The lowest BCUT2D eigenvalue weighted by Crippen LogP contribution is -2.57. The van der Waals surface area contributed by atoms with E-state index < -0.39 is 41.8 Å². The van der Waals surface area contributed by atoms with E-state index in [1.54, 1.807) is 6.92 Å². The van der Waals surface area contributed by atoms with Gasteiger partial charge in [-0.3, -0.25) is 14.4 Å². The quantitative estimate of drug-likeness (QED) is 0.248. The highest BCUT2D eigenvalue weighted by atomic mass is 32.1. The molecule has 9 nitrogen and oxygen atoms in total. The number of rotatable bonds is 11. The van der Waals surface area contributed by atoms with Crippen molar-refractivity contribution in [2.45, 2.75) is 51.2 Å². The van der Waals surface area contributed by atoms with E-state index in [0.29, 0.717) is 6.42 Å². The number of carbonyl (C=O) groups excluding carboxylic acids is 3. The molecule has 0 aromatic carbocycles. The molecule has 24 heavy (non-hydrogen) atoms. The van der Waals surface area contributed by atoms with Gasteiger partial charge in [0, 0.05) is 12.2 Å². The van der Waals surface area contributed by atoms with Gasteiger partial charge in [0.05, 0.1) is 6.04 Å². The lowest BCUT2D eigenvalue weighted by molar-refractivity contribution is -0.141. The highest BCUT2D eigenvalue weighted by molar-refractivity contribution is 7.80. The number of carboxylic acids is 1. The van der Waals surface area contributed by atoms with E-state index in [2.05, 4.69) is 23.3 Å². The van der Waals surface area contributed by atoms with Gasteiger partial charge in [0.2, 0.25) is 17.7 Å². The average molecular weight is 362 g/mol. The third-order valence-corrected chi connectivity index (χ3v) is 3.99. The molecule has 0 aromatic rings. The van der Waals surface area contributed by atoms with E-state index in [-0.39, 0.29) is 24.5 Å². The zero-order valence-corrected chi connectivity index (χ0v) is 14.7. The predicted molar refractivity (Wildman–Crippen MR) is 91.2 cm³/mol. The first-order chi connectivity index (χ1) is 11.1. The fourth-order valence-corrected chi connectivity index (χ4v) is 2.09. The molecule has 4 atom stereocenters. The minimum Gasteiger partial charge on any atom is -0.480 e. The molecule has 10 heteroatoms. The van der Waals surface area contributed by atoms with Crippen LogP contribution in [0.25, 0.3) is 0 Å². The molecule has 3 amide bonds. The maximum absolute atomic E-state index is 12.3. The van der Waals surface area contributed by atoms with Crippen LogP contribution in [0.1, 0.15) is 33.1 Å². The number of primary amides is 1. The van der Waals surface area contributed by atoms with Crippen LogP contribution in [0.3, 0.4) is 0 Å². The van der Waals surface area contributed by atoms with Gasteiger partial charge in [0.1, 0.15) is 12.1 Å². The van der Waals surface area contributed by atoms with Crippen molar-refractivity contribution in [3.05, 3.63) is 0 Å². The van der Waals surface area contributed by atoms with Gasteiger partial charge in [0.15, 0.2) is 0 Å². The molecule has 0 bridgehead atoms. The van der Waals surface area contributed by atoms with E-state index >= 15 is 0 Å². The molecule has 138 valence electrons. The standard InChI is InChI=1S/C14H26N4O5S/c1-3-7(2)11(13(21)17-9(6-24)14(22)23)18-12(20)8(15)4-5-10(16)19/h7-9,11,24H,3-6,15H2,1-2H3,(H2,16,19)(H,17,21)(H,18,20)(H,22,23). The summed E-state index contributed by atoms with van der Waals surface area (Å²) in [5.41, 5.74) is 10.7. The van der Waals surface area contributed by atoms with Gasteiger partial charge in [-0.15, -0.1) is 0 Å². The molecule has 0 aliphatic rings. The number of nitrogens with one attached hydrogen (secondary N) is 2. The molecular weight excluding hydrogens is 336 g/mol. The molecule has 0 aliphatic heterocycles. The number of amides is 3. The summed E-state index contributed by atoms with van der Waals surface area (Å²) in [6, 6.07) is -3.09. The summed E-state index contributed by atoms with van der Waals surface area (Å²) in [6.45, 7) is 3.58. The van der Waals surface area contributed by atoms with Crippen molar-refractivity contribution in [2.75, 3.05) is 5.75 Å². The van der Waals surface area contributed by atoms with E-state index in [0.717, 1.165) is 0 Å². The lowest BCUT2D eigenvalue weighted by atomic mass is 9.97. The lowest BCUT2D eigenvalue weighted by Gasteiger charge is -2.26. The van der Waals surface area contributed by atoms with Gasteiger partial charge < -0.3 is 27.2 Å². The molecule has 0 spiro atoms. The zero-order chi connectivity index (χ0) is 18.9. The maximum Gasteiger partial charge on any atom is 0.327 e. The number of aliphatic carboxylic acids is 1. The Labute approximate surface area is 146 Å². The smallest absolute Gasteiger partial charge is 0.327 e. The SMILES string of the molecule is CCC(C)C(NC(=O)C(N)CCC(N)=O)C(=O)NC(CS)C(=O)O. The van der Waals surface area contributed by atoms with E-state index in [9.17, 15) is 19.2 Å². The number of nitrogens with two attached hydrogens (primary N) is 2. The highest BCUT2D eigenvalue weighted by Gasteiger charge is 2.30. The second-order valence-corrected chi connectivity index (χ2v) is 5.93. The number of thiol groups is 1. The largest absolute Gasteiger partial charge is 0.480 e. The van der Waals surface area contributed by atoms with Crippen molar-refractivity contribution < 1.29 is 24.3 Å². The summed E-state index contributed by atoms with van der Waals surface area (Å²) < 4.78 is 0. The van der Waals surface area contributed by atoms with Crippen LogP contribution < -0.4 is 22.1 Å². The number of hydrogen-bond acceptors (Lipinski definition) is 6. The first kappa shape index (κ1) is 22.2. The van der Waals surface area contributed by atoms with E-state index in [1.165, 1.54) is 0 Å². The van der Waals surface area contributed by atoms with Crippen LogP contribution in [0.2, 0.25) is 0 Å². The van der Waals surface area contributed by atoms with Crippen molar-refractivity contribution in [3.63, 3.8) is 0 Å². The van der Waals surface area contributed by atoms with Crippen LogP contribution in [-0.4, -0.2) is 52.7 Å². The summed E-state index contributed by atoms with van der Waals surface area (Å²) in [5.74, 6) is -3.35. The van der Waals surface area contributed by atoms with Crippen LogP contribution in [0.4, 0.5) is 0 Å². The number of carbonyl (C=O) groups is 4. The normalized spacial score (nSPS) is 15.7. The molecule has 0 rings (SSSR count). The molecule has 0 aliphatic carbocycles. The van der Waals surface area contributed by atoms with Crippen LogP contribution >= 0.6 is 12.6 Å². The molecule has 0 fully saturated rings. The minimum absolute atomic E-state index is 0.0461. The number of carboxylic acid groups (broad SMARTS) is 1. The molecular formula is C14H26N4O5S. The fourth-order valence-electron chi connectivity index (χ4n) is 1.84. The topological polar surface area (TPSA) is 165 Å². The summed E-state index contributed by atoms with van der Waals surface area (Å²) in [6.07, 6.45) is 0.591. The molecule has 0 heterocycles. The van der Waals surface area contributed by atoms with Crippen LogP contribution in [0.15, 0.2) is 0 Å². The average Bonchev–Trinajstić information content (AvgIpc) is 2.53. The van der Waals surface area contributed by atoms with Crippen molar-refractivity contribution >= 4 is 36.3 Å². The minimum atomic E-state index is -1.22. The van der Waals surface area contributed by atoms with Gasteiger partial charge in [0.25, 0.3) is 0 Å². The molecule has 0 radical (unpaired) electrons. The third kappa shape index (κ3) is 7.64. The Kier molecular flexibility index (Phi) is 10.0. The second kappa shape index (κ2) is 10.9. The monoisotopic (exact) mass is 362 g/mol. The molecule has 0 saturated carbocycles. The molecule has 4 unspecified atom stereocenters. The Bertz CT molecular complexity index is 474. The van der Waals surface area contributed by atoms with E-state index in [1.807, 2.05) is 6.92 Å². The first-order valence-corrected chi connectivity index (χ1v) is 8.25. The van der Waals surface area contributed by atoms with E-state index in [4.69, 9.17) is 16.6 Å². The maximum atomic E-state index is 12.3. The summed E-state index contributed by atoms with van der Waals surface area (Å²) >= 11 is 3.88. The highest BCUT2D eigenvalue weighted by Crippen LogP contribution is 2.09. The van der Waals surface area contributed by atoms with Crippen molar-refractivity contribution in [1.82, 2.24) is 10.6 Å². The zero-order valence-electron chi connectivity index (χ0n) is 13.8. The van der Waals surface area contributed by atoms with Crippen molar-refractivity contribution in [2.24, 2.45) is 17.4 Å². The van der Waals surface area contributed by atoms with Gasteiger partial charge in [-0.2, -0.15) is 12.6 Å². The van der Waals surface area contributed by atoms with Gasteiger partial charge in [-0.1, -0.05) is 20.3 Å². The molecule has 0 saturated heterocycles. The Hall–Kier alpha value is -1.81. The summed E-state index contributed by atoms with van der Waals surface area (Å²) in [4.78, 5) is 46.1. The van der Waals surface area contributed by atoms with Crippen LogP contribution in [0, 0.1) is 5.92 Å².